The molecule has 0 aromatic carbocycles. The minimum atomic E-state index is -5.29. The van der Waals surface area contributed by atoms with Gasteiger partial charge in [0.05, 0.1) is 0 Å². The van der Waals surface area contributed by atoms with E-state index in [0.717, 1.165) is 26.7 Å². The molecule has 3 N–H and O–H groups in total. The fraction of sp³-hybridized carbons (Fsp3) is 0.968. The van der Waals surface area contributed by atoms with Crippen molar-refractivity contribution < 1.29 is 77.5 Å². The smallest absolute Gasteiger partial charge is 0.417 e. The van der Waals surface area contributed by atoms with Crippen LogP contribution in [-0.4, -0.2) is 68.9 Å². The Kier molecular flexibility index (Phi) is 12.1. The highest BCUT2D eigenvalue weighted by Crippen LogP contribution is 2.57. The number of carbonyl (C=O) groups excluding carboxylic acids is 1. The average molecular weight is 727 g/mol. The van der Waals surface area contributed by atoms with Gasteiger partial charge in [-0.05, 0) is 102 Å². The molecule has 0 aliphatic heterocycles. The van der Waals surface area contributed by atoms with Crippen LogP contribution in [0, 0.1) is 46.8 Å². The predicted octanol–water partition coefficient (Wildman–Crippen LogP) is 8.54. The number of fused-ring (bicyclic) bond motifs is 2. The van der Waals surface area contributed by atoms with Crippen LogP contribution in [0.5, 0.6) is 0 Å². The Bertz CT molecular complexity index is 1080. The van der Waals surface area contributed by atoms with Gasteiger partial charge in [0.25, 0.3) is 0 Å². The van der Waals surface area contributed by atoms with Crippen molar-refractivity contribution in [2.45, 2.75) is 141 Å². The quantitative estimate of drug-likeness (QED) is 0.181. The summed E-state index contributed by atoms with van der Waals surface area (Å²) in [5, 5.41) is 29.4. The Balaban J connectivity index is 0.000000393. The molecule has 0 heterocycles. The number of halogens is 12. The number of hydrogen-bond acceptors (Lipinski definition) is 5. The Labute approximate surface area is 271 Å². The van der Waals surface area contributed by atoms with Gasteiger partial charge in [-0.25, -0.2) is 0 Å². The van der Waals surface area contributed by atoms with Crippen molar-refractivity contribution in [3.63, 3.8) is 0 Å². The third-order valence-electron chi connectivity index (χ3n) is 11.8. The van der Waals surface area contributed by atoms with Gasteiger partial charge in [0.1, 0.15) is 6.10 Å². The lowest BCUT2D eigenvalue weighted by Crippen LogP contribution is -2.57. The second-order valence-electron chi connectivity index (χ2n) is 15.0. The van der Waals surface area contributed by atoms with E-state index in [2.05, 4.69) is 13.8 Å². The Morgan fingerprint density at radius 2 is 1.08 bits per heavy atom. The molecule has 284 valence electrons. The van der Waals surface area contributed by atoms with Gasteiger partial charge in [-0.3, -0.25) is 4.79 Å². The highest BCUT2D eigenvalue weighted by Gasteiger charge is 2.63. The maximum absolute atomic E-state index is 13.3. The van der Waals surface area contributed by atoms with Crippen molar-refractivity contribution in [1.29, 1.82) is 0 Å². The molecule has 3 saturated carbocycles. The van der Waals surface area contributed by atoms with Gasteiger partial charge in [0.15, 0.2) is 22.2 Å². The zero-order valence-electron chi connectivity index (χ0n) is 27.8. The van der Waals surface area contributed by atoms with E-state index in [4.69, 9.17) is 4.74 Å². The lowest BCUT2D eigenvalue weighted by molar-refractivity contribution is -0.300. The summed E-state index contributed by atoms with van der Waals surface area (Å²) in [6, 6.07) is 0. The summed E-state index contributed by atoms with van der Waals surface area (Å²) < 4.78 is 162. The van der Waals surface area contributed by atoms with E-state index in [1.807, 2.05) is 0 Å². The van der Waals surface area contributed by atoms with Crippen molar-refractivity contribution in [3.05, 3.63) is 0 Å². The topological polar surface area (TPSA) is 87.0 Å². The Morgan fingerprint density at radius 3 is 1.40 bits per heavy atom. The van der Waals surface area contributed by atoms with E-state index in [0.29, 0.717) is 44.4 Å². The molecule has 0 saturated heterocycles. The van der Waals surface area contributed by atoms with Crippen LogP contribution >= 0.6 is 0 Å². The SMILES string of the molecule is CC1C2CC(CC(C)(O)C(F)(F)F)C(C2)C1C.CCC(C)(C(=O)OC1CC(C(C)(O)C(F)(F)F)CC(C(C)(O)C(F)(F)F)C1)C(F)(F)F. The summed E-state index contributed by atoms with van der Waals surface area (Å²) in [4.78, 5) is 12.2. The van der Waals surface area contributed by atoms with Crippen molar-refractivity contribution in [1.82, 2.24) is 0 Å². The van der Waals surface area contributed by atoms with Gasteiger partial charge in [0.2, 0.25) is 0 Å². The molecule has 0 aromatic rings. The average Bonchev–Trinajstić information content (AvgIpc) is 3.43. The molecule has 0 aromatic heterocycles. The van der Waals surface area contributed by atoms with Crippen LogP contribution in [0.4, 0.5) is 52.7 Å². The number of alkyl halides is 12. The largest absolute Gasteiger partial charge is 0.462 e. The van der Waals surface area contributed by atoms with E-state index < -0.39 is 96.5 Å². The summed E-state index contributed by atoms with van der Waals surface area (Å²) in [7, 11) is 0. The predicted molar refractivity (Wildman–Crippen MR) is 148 cm³/mol. The third-order valence-corrected chi connectivity index (χ3v) is 11.8. The van der Waals surface area contributed by atoms with Crippen LogP contribution in [0.1, 0.15) is 93.4 Å². The summed E-state index contributed by atoms with van der Waals surface area (Å²) in [6.07, 6.45) is -23.6. The van der Waals surface area contributed by atoms with Crippen LogP contribution in [-0.2, 0) is 9.53 Å². The van der Waals surface area contributed by atoms with Crippen LogP contribution in [0.3, 0.4) is 0 Å². The van der Waals surface area contributed by atoms with Gasteiger partial charge in [0, 0.05) is 11.8 Å². The summed E-state index contributed by atoms with van der Waals surface area (Å²) in [5.41, 5.74) is -12.6. The van der Waals surface area contributed by atoms with Crippen LogP contribution < -0.4 is 0 Å². The number of hydrogen-bond donors (Lipinski definition) is 3. The number of ether oxygens (including phenoxy) is 1. The van der Waals surface area contributed by atoms with Gasteiger partial charge in [-0.15, -0.1) is 0 Å². The first-order chi connectivity index (χ1) is 21.2. The van der Waals surface area contributed by atoms with Crippen molar-refractivity contribution >= 4 is 5.97 Å². The zero-order valence-corrected chi connectivity index (χ0v) is 27.8. The molecule has 0 spiro atoms. The highest BCUT2D eigenvalue weighted by atomic mass is 19.4. The summed E-state index contributed by atoms with van der Waals surface area (Å²) in [6.45, 7) is 7.40. The first-order valence-corrected chi connectivity index (χ1v) is 15.8. The van der Waals surface area contributed by atoms with Gasteiger partial charge >= 0.3 is 30.7 Å². The molecule has 3 aliphatic carbocycles. The Hall–Kier alpha value is -1.49. The lowest BCUT2D eigenvalue weighted by Gasteiger charge is -2.46. The molecular formula is C31H46F12O5. The van der Waals surface area contributed by atoms with Crippen molar-refractivity contribution in [2.24, 2.45) is 46.8 Å². The van der Waals surface area contributed by atoms with E-state index >= 15 is 0 Å². The number of rotatable bonds is 7. The van der Waals surface area contributed by atoms with Crippen molar-refractivity contribution in [3.8, 4) is 0 Å². The minimum absolute atomic E-state index is 0.0443. The van der Waals surface area contributed by atoms with E-state index in [1.165, 1.54) is 0 Å². The monoisotopic (exact) mass is 726 g/mol. The molecule has 0 amide bonds. The molecule has 3 aliphatic rings. The second kappa shape index (κ2) is 13.6. The number of esters is 1. The van der Waals surface area contributed by atoms with Crippen LogP contribution in [0.2, 0.25) is 0 Å². The maximum Gasteiger partial charge on any atom is 0.417 e. The molecular weight excluding hydrogens is 680 g/mol. The molecule has 2 bridgehead atoms. The van der Waals surface area contributed by atoms with E-state index in [-0.39, 0.29) is 12.3 Å². The van der Waals surface area contributed by atoms with Gasteiger partial charge < -0.3 is 20.1 Å². The zero-order chi connectivity index (χ0) is 37.9. The lowest BCUT2D eigenvalue weighted by atomic mass is 9.67. The van der Waals surface area contributed by atoms with Gasteiger partial charge in [-0.1, -0.05) is 20.8 Å². The van der Waals surface area contributed by atoms with Crippen LogP contribution in [0.15, 0.2) is 0 Å². The fourth-order valence-corrected chi connectivity index (χ4v) is 7.44. The minimum Gasteiger partial charge on any atom is -0.462 e. The van der Waals surface area contributed by atoms with Crippen LogP contribution in [0.25, 0.3) is 0 Å². The fourth-order valence-electron chi connectivity index (χ4n) is 7.44. The van der Waals surface area contributed by atoms with E-state index in [9.17, 15) is 72.8 Å². The molecule has 0 radical (unpaired) electrons. The molecule has 5 nitrogen and oxygen atoms in total. The third kappa shape index (κ3) is 8.34. The maximum atomic E-state index is 13.3. The molecule has 3 fully saturated rings. The standard InChI is InChI=1S/C18H25F9O4.C13H21F3O/c1-5-13(2,16(19,20)21)12(28)31-11-7-9(14(3,29)17(22,23)24)6-10(8-11)15(4,30)18(25,26)27;1-7-8(2)11-5-9(7)4-10(11)6-12(3,17)13(14,15)16/h9-11,29-30H,5-8H2,1-4H3;7-11,17H,4-6H2,1-3H3. The van der Waals surface area contributed by atoms with Gasteiger partial charge in [-0.2, -0.15) is 52.7 Å². The summed E-state index contributed by atoms with van der Waals surface area (Å²) in [5.74, 6) is -3.68. The molecule has 11 unspecified atom stereocenters. The van der Waals surface area contributed by atoms with Crippen molar-refractivity contribution in [2.75, 3.05) is 0 Å². The molecule has 17 heteroatoms. The normalized spacial score (nSPS) is 35.0. The highest BCUT2D eigenvalue weighted by molar-refractivity contribution is 5.77. The summed E-state index contributed by atoms with van der Waals surface area (Å²) >= 11 is 0. The Morgan fingerprint density at radius 1 is 0.646 bits per heavy atom. The number of aliphatic hydroxyl groups is 3. The van der Waals surface area contributed by atoms with E-state index in [1.54, 1.807) is 0 Å². The second-order valence-corrected chi connectivity index (χ2v) is 15.0. The molecule has 3 rings (SSSR count). The molecule has 48 heavy (non-hydrogen) atoms. The number of carbonyl (C=O) groups is 1. The first kappa shape index (κ1) is 42.7. The first-order valence-electron chi connectivity index (χ1n) is 15.8. The molecule has 11 atom stereocenters.